The van der Waals surface area contributed by atoms with E-state index in [1.807, 2.05) is 24.4 Å². The average molecular weight is 294 g/mol. The largest absolute Gasteiger partial charge is 0.360 e. The molecular weight excluding hydrogens is 275 g/mol. The smallest absolute Gasteiger partial charge is 0.224 e. The van der Waals surface area contributed by atoms with Crippen molar-refractivity contribution in [2.24, 2.45) is 5.92 Å². The Morgan fingerprint density at radius 3 is 2.80 bits per heavy atom. The molecule has 2 rings (SSSR count). The lowest BCUT2D eigenvalue weighted by molar-refractivity contribution is 0.542. The van der Waals surface area contributed by atoms with Gasteiger partial charge in [0, 0.05) is 11.4 Å². The number of hydrogen-bond donors (Lipinski definition) is 2. The normalized spacial score (nSPS) is 12.4. The SMILES string of the molecule is CCNc1ncc(F)c(NC(c2cccs2)C(C)C)n1. The van der Waals surface area contributed by atoms with Gasteiger partial charge in [-0.2, -0.15) is 4.98 Å². The van der Waals surface area contributed by atoms with Crippen molar-refractivity contribution in [3.63, 3.8) is 0 Å². The van der Waals surface area contributed by atoms with Crippen molar-refractivity contribution in [1.82, 2.24) is 9.97 Å². The second kappa shape index (κ2) is 6.65. The van der Waals surface area contributed by atoms with Gasteiger partial charge in [0.05, 0.1) is 12.2 Å². The summed E-state index contributed by atoms with van der Waals surface area (Å²) in [4.78, 5) is 9.27. The summed E-state index contributed by atoms with van der Waals surface area (Å²) in [6.07, 6.45) is 1.19. The highest BCUT2D eigenvalue weighted by Gasteiger charge is 2.19. The highest BCUT2D eigenvalue weighted by molar-refractivity contribution is 7.10. The van der Waals surface area contributed by atoms with E-state index in [0.717, 1.165) is 0 Å². The molecule has 20 heavy (non-hydrogen) atoms. The minimum Gasteiger partial charge on any atom is -0.360 e. The lowest BCUT2D eigenvalue weighted by Gasteiger charge is -2.22. The molecule has 0 saturated heterocycles. The molecular formula is C14H19FN4S. The van der Waals surface area contributed by atoms with E-state index in [9.17, 15) is 4.39 Å². The molecule has 0 spiro atoms. The van der Waals surface area contributed by atoms with Crippen molar-refractivity contribution in [3.8, 4) is 0 Å². The van der Waals surface area contributed by atoms with Gasteiger partial charge < -0.3 is 10.6 Å². The predicted octanol–water partition coefficient (Wildman–Crippen LogP) is 3.92. The van der Waals surface area contributed by atoms with Gasteiger partial charge in [-0.1, -0.05) is 19.9 Å². The van der Waals surface area contributed by atoms with E-state index in [0.29, 0.717) is 18.4 Å². The van der Waals surface area contributed by atoms with Gasteiger partial charge in [0.2, 0.25) is 5.95 Å². The number of anilines is 2. The van der Waals surface area contributed by atoms with Crippen LogP contribution in [0.15, 0.2) is 23.7 Å². The standard InChI is InChI=1S/C14H19FN4S/c1-4-16-14-17-8-10(15)13(19-14)18-12(9(2)3)11-6-5-7-20-11/h5-9,12H,4H2,1-3H3,(H2,16,17,18,19). The molecule has 0 radical (unpaired) electrons. The zero-order valence-corrected chi connectivity index (χ0v) is 12.7. The van der Waals surface area contributed by atoms with Crippen molar-refractivity contribution >= 4 is 23.1 Å². The molecule has 0 aliphatic rings. The molecule has 1 unspecified atom stereocenters. The Labute approximate surface area is 122 Å². The van der Waals surface area contributed by atoms with Crippen molar-refractivity contribution in [2.75, 3.05) is 17.2 Å². The monoisotopic (exact) mass is 294 g/mol. The number of thiophene rings is 1. The molecule has 0 bridgehead atoms. The number of nitrogens with one attached hydrogen (secondary N) is 2. The van der Waals surface area contributed by atoms with Crippen LogP contribution < -0.4 is 10.6 Å². The van der Waals surface area contributed by atoms with E-state index in [4.69, 9.17) is 0 Å². The lowest BCUT2D eigenvalue weighted by atomic mass is 10.0. The summed E-state index contributed by atoms with van der Waals surface area (Å²) < 4.78 is 13.9. The minimum atomic E-state index is -0.436. The highest BCUT2D eigenvalue weighted by atomic mass is 32.1. The second-order valence-electron chi connectivity index (χ2n) is 4.80. The Balaban J connectivity index is 2.24. The third-order valence-corrected chi connectivity index (χ3v) is 3.84. The summed E-state index contributed by atoms with van der Waals surface area (Å²) in [5.41, 5.74) is 0. The van der Waals surface area contributed by atoms with Gasteiger partial charge >= 0.3 is 0 Å². The Kier molecular flexibility index (Phi) is 4.89. The molecule has 2 aromatic heterocycles. The van der Waals surface area contributed by atoms with Gasteiger partial charge in [-0.05, 0) is 24.3 Å². The second-order valence-corrected chi connectivity index (χ2v) is 5.78. The van der Waals surface area contributed by atoms with Crippen LogP contribution in [-0.4, -0.2) is 16.5 Å². The topological polar surface area (TPSA) is 49.8 Å². The van der Waals surface area contributed by atoms with Gasteiger partial charge in [-0.3, -0.25) is 0 Å². The fourth-order valence-electron chi connectivity index (χ4n) is 1.89. The summed E-state index contributed by atoms with van der Waals surface area (Å²) in [5, 5.41) is 8.20. The van der Waals surface area contributed by atoms with E-state index in [2.05, 4.69) is 34.4 Å². The Morgan fingerprint density at radius 2 is 2.20 bits per heavy atom. The van der Waals surface area contributed by atoms with Crippen LogP contribution in [0.5, 0.6) is 0 Å². The molecule has 0 fully saturated rings. The molecule has 0 aromatic carbocycles. The van der Waals surface area contributed by atoms with E-state index < -0.39 is 5.82 Å². The first-order valence-electron chi connectivity index (χ1n) is 6.68. The van der Waals surface area contributed by atoms with Crippen LogP contribution in [-0.2, 0) is 0 Å². The molecule has 2 heterocycles. The number of rotatable bonds is 6. The van der Waals surface area contributed by atoms with Crippen LogP contribution in [0.1, 0.15) is 31.7 Å². The Hall–Kier alpha value is -1.69. The number of hydrogen-bond acceptors (Lipinski definition) is 5. The van der Waals surface area contributed by atoms with Crippen LogP contribution in [0.2, 0.25) is 0 Å². The summed E-state index contributed by atoms with van der Waals surface area (Å²) >= 11 is 1.65. The maximum absolute atomic E-state index is 13.9. The van der Waals surface area contributed by atoms with E-state index in [1.165, 1.54) is 11.1 Å². The number of nitrogens with zero attached hydrogens (tertiary/aromatic N) is 2. The zero-order chi connectivity index (χ0) is 14.5. The molecule has 1 atom stereocenters. The quantitative estimate of drug-likeness (QED) is 0.848. The summed E-state index contributed by atoms with van der Waals surface area (Å²) in [5.74, 6) is 0.563. The third-order valence-electron chi connectivity index (χ3n) is 2.89. The van der Waals surface area contributed by atoms with Gasteiger partial charge in [-0.25, -0.2) is 9.37 Å². The van der Waals surface area contributed by atoms with Gasteiger partial charge in [0.15, 0.2) is 11.6 Å². The van der Waals surface area contributed by atoms with E-state index in [-0.39, 0.29) is 11.9 Å². The fraction of sp³-hybridized carbons (Fsp3) is 0.429. The number of halogens is 1. The average Bonchev–Trinajstić information content (AvgIpc) is 2.93. The first-order valence-corrected chi connectivity index (χ1v) is 7.56. The van der Waals surface area contributed by atoms with Crippen molar-refractivity contribution in [3.05, 3.63) is 34.4 Å². The fourth-order valence-corrected chi connectivity index (χ4v) is 2.84. The van der Waals surface area contributed by atoms with Crippen LogP contribution in [0.25, 0.3) is 0 Å². The molecule has 2 N–H and O–H groups in total. The molecule has 108 valence electrons. The molecule has 4 nitrogen and oxygen atoms in total. The Bertz CT molecular complexity index is 542. The van der Waals surface area contributed by atoms with Crippen LogP contribution in [0.3, 0.4) is 0 Å². The first kappa shape index (κ1) is 14.7. The molecule has 2 aromatic rings. The predicted molar refractivity (Wildman–Crippen MR) is 81.7 cm³/mol. The van der Waals surface area contributed by atoms with Gasteiger partial charge in [0.25, 0.3) is 0 Å². The van der Waals surface area contributed by atoms with Gasteiger partial charge in [0.1, 0.15) is 0 Å². The van der Waals surface area contributed by atoms with Crippen LogP contribution in [0, 0.1) is 11.7 Å². The summed E-state index contributed by atoms with van der Waals surface area (Å²) in [7, 11) is 0. The highest BCUT2D eigenvalue weighted by Crippen LogP contribution is 2.30. The lowest BCUT2D eigenvalue weighted by Crippen LogP contribution is -2.18. The minimum absolute atomic E-state index is 0.0360. The van der Waals surface area contributed by atoms with Crippen molar-refractivity contribution in [1.29, 1.82) is 0 Å². The Morgan fingerprint density at radius 1 is 1.40 bits per heavy atom. The zero-order valence-electron chi connectivity index (χ0n) is 11.9. The summed E-state index contributed by atoms with van der Waals surface area (Å²) in [6, 6.07) is 4.08. The molecule has 0 amide bonds. The van der Waals surface area contributed by atoms with E-state index >= 15 is 0 Å². The number of aromatic nitrogens is 2. The summed E-state index contributed by atoms with van der Waals surface area (Å²) in [6.45, 7) is 6.84. The van der Waals surface area contributed by atoms with Gasteiger partial charge in [-0.15, -0.1) is 11.3 Å². The van der Waals surface area contributed by atoms with E-state index in [1.54, 1.807) is 11.3 Å². The van der Waals surface area contributed by atoms with Crippen molar-refractivity contribution < 1.29 is 4.39 Å². The molecule has 6 heteroatoms. The van der Waals surface area contributed by atoms with Crippen LogP contribution in [0.4, 0.5) is 16.2 Å². The maximum atomic E-state index is 13.9. The van der Waals surface area contributed by atoms with Crippen molar-refractivity contribution in [2.45, 2.75) is 26.8 Å². The molecule has 0 aliphatic carbocycles. The third kappa shape index (κ3) is 3.45. The molecule has 0 saturated carbocycles. The first-order chi connectivity index (χ1) is 9.61. The van der Waals surface area contributed by atoms with Crippen LogP contribution >= 0.6 is 11.3 Å². The maximum Gasteiger partial charge on any atom is 0.224 e. The molecule has 0 aliphatic heterocycles.